The first kappa shape index (κ1) is 17.9. The van der Waals surface area contributed by atoms with Crippen LogP contribution in [-0.2, 0) is 17.6 Å². The molecule has 2 aromatic rings. The molecule has 0 saturated carbocycles. The van der Waals surface area contributed by atoms with Gasteiger partial charge in [0.25, 0.3) is 0 Å². The van der Waals surface area contributed by atoms with Gasteiger partial charge in [-0.3, -0.25) is 0 Å². The van der Waals surface area contributed by atoms with Crippen molar-refractivity contribution < 1.29 is 9.13 Å². The van der Waals surface area contributed by atoms with Gasteiger partial charge in [-0.15, -0.1) is 0 Å². The van der Waals surface area contributed by atoms with Gasteiger partial charge in [-0.05, 0) is 57.7 Å². The monoisotopic (exact) mass is 341 g/mol. The van der Waals surface area contributed by atoms with Crippen LogP contribution in [0.15, 0.2) is 36.4 Å². The lowest BCUT2D eigenvalue weighted by atomic mass is 10.00. The molecule has 0 amide bonds. The van der Waals surface area contributed by atoms with Crippen LogP contribution in [0.5, 0.6) is 0 Å². The van der Waals surface area contributed by atoms with Crippen LogP contribution in [0.25, 0.3) is 0 Å². The highest BCUT2D eigenvalue weighted by Gasteiger charge is 2.24. The van der Waals surface area contributed by atoms with Crippen molar-refractivity contribution in [3.05, 3.63) is 64.5 Å². The first-order valence-electron chi connectivity index (χ1n) is 9.18. The summed E-state index contributed by atoms with van der Waals surface area (Å²) >= 11 is 0. The number of morpholine rings is 1. The maximum absolute atomic E-state index is 14.9. The van der Waals surface area contributed by atoms with Gasteiger partial charge >= 0.3 is 0 Å². The van der Waals surface area contributed by atoms with Gasteiger partial charge in [-0.1, -0.05) is 35.9 Å². The van der Waals surface area contributed by atoms with Crippen molar-refractivity contribution in [3.8, 4) is 0 Å². The summed E-state index contributed by atoms with van der Waals surface area (Å²) < 4.78 is 20.7. The summed E-state index contributed by atoms with van der Waals surface area (Å²) in [4.78, 5) is 2.25. The molecule has 1 saturated heterocycles. The highest BCUT2D eigenvalue weighted by Crippen LogP contribution is 2.28. The van der Waals surface area contributed by atoms with Crippen LogP contribution in [0.4, 0.5) is 10.1 Å². The van der Waals surface area contributed by atoms with E-state index in [1.54, 1.807) is 0 Å². The van der Waals surface area contributed by atoms with Crippen LogP contribution in [-0.4, -0.2) is 25.3 Å². The molecule has 25 heavy (non-hydrogen) atoms. The molecule has 0 unspecified atom stereocenters. The van der Waals surface area contributed by atoms with Crippen LogP contribution < -0.4 is 4.90 Å². The van der Waals surface area contributed by atoms with Gasteiger partial charge in [-0.2, -0.15) is 0 Å². The zero-order chi connectivity index (χ0) is 18.0. The van der Waals surface area contributed by atoms with E-state index in [-0.39, 0.29) is 18.0 Å². The summed E-state index contributed by atoms with van der Waals surface area (Å²) in [5.41, 5.74) is 5.06. The smallest absolute Gasteiger partial charge is 0.131 e. The Balaban J connectivity index is 1.74. The Hall–Kier alpha value is -1.87. The Labute approximate surface area is 150 Å². The van der Waals surface area contributed by atoms with Crippen molar-refractivity contribution in [3.63, 3.8) is 0 Å². The molecule has 1 heterocycles. The first-order valence-corrected chi connectivity index (χ1v) is 9.18. The number of rotatable bonds is 4. The quantitative estimate of drug-likeness (QED) is 0.789. The molecule has 3 rings (SSSR count). The Kier molecular flexibility index (Phi) is 5.43. The van der Waals surface area contributed by atoms with E-state index in [0.29, 0.717) is 0 Å². The molecule has 1 fully saturated rings. The number of nitrogens with zero attached hydrogens (tertiary/aromatic N) is 1. The second-order valence-electron chi connectivity index (χ2n) is 7.33. The Morgan fingerprint density at radius 3 is 2.24 bits per heavy atom. The van der Waals surface area contributed by atoms with E-state index in [1.807, 2.05) is 13.0 Å². The molecule has 3 heteroatoms. The molecular formula is C22H28FNO. The van der Waals surface area contributed by atoms with Crippen LogP contribution in [0.3, 0.4) is 0 Å². The minimum absolute atomic E-state index is 0.0589. The molecule has 0 aliphatic carbocycles. The standard InChI is InChI=1S/C22H28FNO/c1-15-5-7-19(8-6-15)9-10-20-11-12-21(18(4)22(20)23)24-13-16(2)25-17(3)14-24/h5-8,11-12,16-17H,9-10,13-14H2,1-4H3/t16-,17+. The predicted molar refractivity (Wildman–Crippen MR) is 102 cm³/mol. The van der Waals surface area contributed by atoms with Crippen molar-refractivity contribution >= 4 is 5.69 Å². The van der Waals surface area contributed by atoms with Gasteiger partial charge < -0.3 is 9.64 Å². The van der Waals surface area contributed by atoms with E-state index in [0.717, 1.165) is 42.7 Å². The normalized spacial score (nSPS) is 20.8. The van der Waals surface area contributed by atoms with Crippen molar-refractivity contribution in [1.82, 2.24) is 0 Å². The van der Waals surface area contributed by atoms with Crippen LogP contribution in [0.2, 0.25) is 0 Å². The maximum atomic E-state index is 14.9. The fourth-order valence-electron chi connectivity index (χ4n) is 3.67. The van der Waals surface area contributed by atoms with E-state index in [4.69, 9.17) is 4.74 Å². The SMILES string of the molecule is Cc1ccc(CCc2ccc(N3C[C@@H](C)O[C@@H](C)C3)c(C)c2F)cc1. The Morgan fingerprint density at radius 1 is 0.960 bits per heavy atom. The molecule has 0 radical (unpaired) electrons. The van der Waals surface area contributed by atoms with E-state index in [9.17, 15) is 4.39 Å². The molecule has 0 N–H and O–H groups in total. The lowest BCUT2D eigenvalue weighted by Crippen LogP contribution is -2.45. The lowest BCUT2D eigenvalue weighted by Gasteiger charge is -2.37. The molecule has 1 aliphatic heterocycles. The maximum Gasteiger partial charge on any atom is 0.131 e. The van der Waals surface area contributed by atoms with E-state index < -0.39 is 0 Å². The number of benzene rings is 2. The first-order chi connectivity index (χ1) is 11.9. The number of halogens is 1. The molecule has 2 atom stereocenters. The van der Waals surface area contributed by atoms with Gasteiger partial charge in [0.05, 0.1) is 12.2 Å². The van der Waals surface area contributed by atoms with Crippen LogP contribution in [0, 0.1) is 19.7 Å². The zero-order valence-electron chi connectivity index (χ0n) is 15.7. The third kappa shape index (κ3) is 4.21. The Morgan fingerprint density at radius 2 is 1.60 bits per heavy atom. The second kappa shape index (κ2) is 7.57. The van der Waals surface area contributed by atoms with Gasteiger partial charge in [-0.25, -0.2) is 4.39 Å². The van der Waals surface area contributed by atoms with Crippen LogP contribution >= 0.6 is 0 Å². The Bertz CT molecular complexity index is 716. The average molecular weight is 341 g/mol. The third-order valence-electron chi connectivity index (χ3n) is 5.00. The number of hydrogen-bond acceptors (Lipinski definition) is 2. The summed E-state index contributed by atoms with van der Waals surface area (Å²) in [5, 5.41) is 0. The summed E-state index contributed by atoms with van der Waals surface area (Å²) in [6.07, 6.45) is 1.94. The number of hydrogen-bond donors (Lipinski definition) is 0. The van der Waals surface area contributed by atoms with E-state index >= 15 is 0 Å². The fourth-order valence-corrected chi connectivity index (χ4v) is 3.67. The summed E-state index contributed by atoms with van der Waals surface area (Å²) in [5.74, 6) is -0.0589. The highest BCUT2D eigenvalue weighted by atomic mass is 19.1. The van der Waals surface area contributed by atoms with E-state index in [2.05, 4.69) is 56.0 Å². The predicted octanol–water partition coefficient (Wildman–Crippen LogP) is 4.84. The van der Waals surface area contributed by atoms with Crippen molar-refractivity contribution in [2.24, 2.45) is 0 Å². The molecule has 0 spiro atoms. The minimum Gasteiger partial charge on any atom is -0.372 e. The lowest BCUT2D eigenvalue weighted by molar-refractivity contribution is -0.00526. The van der Waals surface area contributed by atoms with Gasteiger partial charge in [0, 0.05) is 24.3 Å². The largest absolute Gasteiger partial charge is 0.372 e. The zero-order valence-corrected chi connectivity index (χ0v) is 15.7. The third-order valence-corrected chi connectivity index (χ3v) is 5.00. The molecular weight excluding hydrogens is 313 g/mol. The highest BCUT2D eigenvalue weighted by molar-refractivity contribution is 5.56. The number of aryl methyl sites for hydroxylation is 3. The molecule has 2 aromatic carbocycles. The summed E-state index contributed by atoms with van der Waals surface area (Å²) in [6.45, 7) is 9.75. The molecule has 0 aromatic heterocycles. The van der Waals surface area contributed by atoms with E-state index in [1.165, 1.54) is 11.1 Å². The average Bonchev–Trinajstić information content (AvgIpc) is 2.57. The van der Waals surface area contributed by atoms with Gasteiger partial charge in [0.1, 0.15) is 5.82 Å². The fraction of sp³-hybridized carbons (Fsp3) is 0.455. The van der Waals surface area contributed by atoms with Gasteiger partial charge in [0.15, 0.2) is 0 Å². The minimum atomic E-state index is -0.0589. The molecule has 134 valence electrons. The van der Waals surface area contributed by atoms with Crippen molar-refractivity contribution in [2.75, 3.05) is 18.0 Å². The molecule has 1 aliphatic rings. The summed E-state index contributed by atoms with van der Waals surface area (Å²) in [7, 11) is 0. The van der Waals surface area contributed by atoms with Gasteiger partial charge in [0.2, 0.25) is 0 Å². The van der Waals surface area contributed by atoms with Crippen molar-refractivity contribution in [1.29, 1.82) is 0 Å². The second-order valence-corrected chi connectivity index (χ2v) is 7.33. The van der Waals surface area contributed by atoms with Crippen LogP contribution in [0.1, 0.15) is 36.1 Å². The molecule has 2 nitrogen and oxygen atoms in total. The summed E-state index contributed by atoms with van der Waals surface area (Å²) in [6, 6.07) is 12.5. The topological polar surface area (TPSA) is 12.5 Å². The molecule has 0 bridgehead atoms. The number of anilines is 1. The van der Waals surface area contributed by atoms with Crippen molar-refractivity contribution in [2.45, 2.75) is 52.7 Å². The number of ether oxygens (including phenoxy) is 1.